The van der Waals surface area contributed by atoms with E-state index >= 15 is 0 Å². The van der Waals surface area contributed by atoms with Crippen molar-refractivity contribution in [3.05, 3.63) is 133 Å². The molecule has 8 aromatic carbocycles. The van der Waals surface area contributed by atoms with Gasteiger partial charge in [0, 0.05) is 16.2 Å². The van der Waals surface area contributed by atoms with Crippen molar-refractivity contribution < 1.29 is 8.83 Å². The molecule has 2 aromatic heterocycles. The molecule has 0 aliphatic heterocycles. The van der Waals surface area contributed by atoms with Crippen LogP contribution in [0.25, 0.3) is 98.4 Å². The van der Waals surface area contributed by atoms with E-state index in [1.54, 1.807) is 0 Å². The fraction of sp³-hybridized carbons (Fsp3) is 0.0909. The quantitative estimate of drug-likeness (QED) is 0.147. The summed E-state index contributed by atoms with van der Waals surface area (Å²) in [6.45, 7) is 2.24. The number of fused-ring (bicyclic) bond motifs is 6. The standard InChI is InChI=1S/C44H30O2/c1-2-3-12-26-21-22-36-35(23-26)42-38(45-36)25-34-33(24-28-15-11-20-37-40(28)43(34)44(42)46-37)41-31-18-9-7-16-29(31)39(27-13-5-4-6-14-27)30-17-8-10-19-32(30)41/h4-11,13-25H,2-3,12H2,1H3. The van der Waals surface area contributed by atoms with Gasteiger partial charge in [0.25, 0.3) is 0 Å². The number of furan rings is 2. The SMILES string of the molecule is CCCCc1ccc2oc3cc4c(-c5c6ccccc6c(-c6ccccc6)c6ccccc56)cc5cccc6oc(c3c2c1)c4c56. The van der Waals surface area contributed by atoms with Gasteiger partial charge in [0.15, 0.2) is 0 Å². The van der Waals surface area contributed by atoms with Crippen molar-refractivity contribution in [2.45, 2.75) is 26.2 Å². The first-order chi connectivity index (χ1) is 22.8. The highest BCUT2D eigenvalue weighted by molar-refractivity contribution is 6.35. The molecule has 0 radical (unpaired) electrons. The van der Waals surface area contributed by atoms with E-state index < -0.39 is 0 Å². The van der Waals surface area contributed by atoms with E-state index in [4.69, 9.17) is 8.83 Å². The maximum absolute atomic E-state index is 6.80. The van der Waals surface area contributed by atoms with Crippen molar-refractivity contribution in [3.8, 4) is 22.3 Å². The summed E-state index contributed by atoms with van der Waals surface area (Å²) < 4.78 is 13.4. The van der Waals surface area contributed by atoms with Crippen molar-refractivity contribution in [2.24, 2.45) is 0 Å². The van der Waals surface area contributed by atoms with Gasteiger partial charge in [-0.1, -0.05) is 110 Å². The van der Waals surface area contributed by atoms with E-state index in [-0.39, 0.29) is 0 Å². The highest BCUT2D eigenvalue weighted by Gasteiger charge is 2.25. The van der Waals surface area contributed by atoms with Crippen molar-refractivity contribution in [3.63, 3.8) is 0 Å². The summed E-state index contributed by atoms with van der Waals surface area (Å²) in [4.78, 5) is 0. The summed E-state index contributed by atoms with van der Waals surface area (Å²) in [5.74, 6) is 0. The molecule has 0 aliphatic carbocycles. The highest BCUT2D eigenvalue weighted by atomic mass is 16.3. The number of hydrogen-bond donors (Lipinski definition) is 0. The van der Waals surface area contributed by atoms with Gasteiger partial charge in [-0.2, -0.15) is 0 Å². The van der Waals surface area contributed by atoms with Gasteiger partial charge in [-0.05, 0) is 103 Å². The molecule has 218 valence electrons. The Bertz CT molecular complexity index is 2720. The van der Waals surface area contributed by atoms with Gasteiger partial charge in [-0.15, -0.1) is 0 Å². The van der Waals surface area contributed by atoms with E-state index in [0.29, 0.717) is 0 Å². The average molecular weight is 591 g/mol. The normalized spacial score (nSPS) is 12.3. The van der Waals surface area contributed by atoms with Crippen LogP contribution in [0.15, 0.2) is 136 Å². The van der Waals surface area contributed by atoms with Crippen LogP contribution in [0.1, 0.15) is 25.3 Å². The molecule has 0 atom stereocenters. The Morgan fingerprint density at radius 1 is 0.478 bits per heavy atom. The van der Waals surface area contributed by atoms with E-state index in [9.17, 15) is 0 Å². The van der Waals surface area contributed by atoms with Crippen LogP contribution in [0.2, 0.25) is 0 Å². The van der Waals surface area contributed by atoms with Crippen LogP contribution in [0, 0.1) is 0 Å². The third-order valence-corrected chi connectivity index (χ3v) is 9.97. The second-order valence-electron chi connectivity index (χ2n) is 12.6. The van der Waals surface area contributed by atoms with E-state index in [0.717, 1.165) is 44.9 Å². The molecule has 0 amide bonds. The van der Waals surface area contributed by atoms with Crippen molar-refractivity contribution in [2.75, 3.05) is 0 Å². The lowest BCUT2D eigenvalue weighted by Crippen LogP contribution is -1.92. The van der Waals surface area contributed by atoms with Gasteiger partial charge in [-0.25, -0.2) is 0 Å². The Kier molecular flexibility index (Phi) is 5.42. The lowest BCUT2D eigenvalue weighted by Gasteiger charge is -2.19. The number of benzene rings is 8. The van der Waals surface area contributed by atoms with E-state index in [2.05, 4.69) is 134 Å². The van der Waals surface area contributed by atoms with Crippen LogP contribution in [-0.2, 0) is 6.42 Å². The minimum absolute atomic E-state index is 0.869. The fourth-order valence-corrected chi connectivity index (χ4v) is 7.95. The third-order valence-electron chi connectivity index (χ3n) is 9.97. The predicted octanol–water partition coefficient (Wildman–Crippen LogP) is 13.1. The van der Waals surface area contributed by atoms with Crippen LogP contribution in [0.4, 0.5) is 0 Å². The Morgan fingerprint density at radius 2 is 1.20 bits per heavy atom. The van der Waals surface area contributed by atoms with Crippen molar-refractivity contribution >= 4 is 76.2 Å². The fourth-order valence-electron chi connectivity index (χ4n) is 7.95. The molecule has 10 rings (SSSR count). The Morgan fingerprint density at radius 3 is 1.93 bits per heavy atom. The summed E-state index contributed by atoms with van der Waals surface area (Å²) in [6.07, 6.45) is 3.42. The molecule has 0 aliphatic rings. The summed E-state index contributed by atoms with van der Waals surface area (Å²) in [6, 6.07) is 46.3. The molecule has 2 nitrogen and oxygen atoms in total. The summed E-state index contributed by atoms with van der Waals surface area (Å²) in [7, 11) is 0. The molecule has 0 saturated heterocycles. The van der Waals surface area contributed by atoms with Crippen LogP contribution >= 0.6 is 0 Å². The second-order valence-corrected chi connectivity index (χ2v) is 12.6. The molecule has 0 saturated carbocycles. The molecule has 2 heteroatoms. The van der Waals surface area contributed by atoms with Gasteiger partial charge in [0.2, 0.25) is 0 Å². The van der Waals surface area contributed by atoms with Crippen molar-refractivity contribution in [1.29, 1.82) is 0 Å². The van der Waals surface area contributed by atoms with Crippen LogP contribution in [-0.4, -0.2) is 0 Å². The first kappa shape index (κ1) is 25.7. The van der Waals surface area contributed by atoms with Crippen LogP contribution in [0.3, 0.4) is 0 Å². The zero-order chi connectivity index (χ0) is 30.4. The lowest BCUT2D eigenvalue weighted by molar-refractivity contribution is 0.663. The second kappa shape index (κ2) is 9.70. The zero-order valence-corrected chi connectivity index (χ0v) is 25.6. The first-order valence-electron chi connectivity index (χ1n) is 16.3. The van der Waals surface area contributed by atoms with Gasteiger partial charge in [0.05, 0.1) is 5.39 Å². The summed E-state index contributed by atoms with van der Waals surface area (Å²) in [5.41, 5.74) is 9.90. The minimum atomic E-state index is 0.869. The predicted molar refractivity (Wildman–Crippen MR) is 194 cm³/mol. The van der Waals surface area contributed by atoms with Gasteiger partial charge in [0.1, 0.15) is 22.3 Å². The van der Waals surface area contributed by atoms with E-state index in [1.165, 1.54) is 78.4 Å². The Labute approximate surface area is 265 Å². The zero-order valence-electron chi connectivity index (χ0n) is 25.6. The molecular formula is C44H30O2. The smallest absolute Gasteiger partial charge is 0.147 e. The third kappa shape index (κ3) is 3.53. The monoisotopic (exact) mass is 590 g/mol. The summed E-state index contributed by atoms with van der Waals surface area (Å²) >= 11 is 0. The molecule has 0 bridgehead atoms. The van der Waals surface area contributed by atoms with Gasteiger partial charge < -0.3 is 8.83 Å². The summed E-state index contributed by atoms with van der Waals surface area (Å²) in [5, 5.41) is 11.9. The van der Waals surface area contributed by atoms with Crippen LogP contribution < -0.4 is 0 Å². The number of aryl methyl sites for hydroxylation is 1. The molecule has 0 unspecified atom stereocenters. The largest absolute Gasteiger partial charge is 0.456 e. The van der Waals surface area contributed by atoms with Crippen molar-refractivity contribution in [1.82, 2.24) is 0 Å². The Hall–Kier alpha value is -5.60. The first-order valence-corrected chi connectivity index (χ1v) is 16.3. The van der Waals surface area contributed by atoms with E-state index in [1.807, 2.05) is 0 Å². The molecule has 0 fully saturated rings. The molecule has 46 heavy (non-hydrogen) atoms. The molecule has 2 heterocycles. The number of hydrogen-bond acceptors (Lipinski definition) is 2. The lowest BCUT2D eigenvalue weighted by atomic mass is 9.83. The minimum Gasteiger partial charge on any atom is -0.456 e. The molecular weight excluding hydrogens is 560 g/mol. The van der Waals surface area contributed by atoms with Crippen LogP contribution in [0.5, 0.6) is 0 Å². The van der Waals surface area contributed by atoms with Gasteiger partial charge >= 0.3 is 0 Å². The highest BCUT2D eigenvalue weighted by Crippen LogP contribution is 2.50. The maximum Gasteiger partial charge on any atom is 0.147 e. The topological polar surface area (TPSA) is 26.3 Å². The maximum atomic E-state index is 6.80. The number of unbranched alkanes of at least 4 members (excludes halogenated alkanes) is 1. The Balaban J connectivity index is 1.38. The average Bonchev–Trinajstić information content (AvgIpc) is 3.67. The number of rotatable bonds is 5. The molecule has 0 N–H and O–H groups in total. The molecule has 0 spiro atoms. The van der Waals surface area contributed by atoms with Gasteiger partial charge in [-0.3, -0.25) is 0 Å². The molecule has 10 aromatic rings.